The summed E-state index contributed by atoms with van der Waals surface area (Å²) < 4.78 is 44.6. The van der Waals surface area contributed by atoms with Gasteiger partial charge in [0, 0.05) is 16.8 Å². The molecule has 8 nitrogen and oxygen atoms in total. The van der Waals surface area contributed by atoms with E-state index in [1.165, 1.54) is 12.1 Å². The van der Waals surface area contributed by atoms with Gasteiger partial charge in [-0.2, -0.15) is 13.2 Å². The van der Waals surface area contributed by atoms with Crippen molar-refractivity contribution in [2.75, 3.05) is 11.9 Å². The summed E-state index contributed by atoms with van der Waals surface area (Å²) in [7, 11) is 0. The first-order valence-corrected chi connectivity index (χ1v) is 13.1. The molecule has 3 aromatic carbocycles. The molecule has 3 N–H and O–H groups in total. The molecule has 40 heavy (non-hydrogen) atoms. The predicted octanol–water partition coefficient (Wildman–Crippen LogP) is 6.52. The number of nitrogens with zero attached hydrogens (tertiary/aromatic N) is 3. The fourth-order valence-electron chi connectivity index (χ4n) is 3.98. The smallest absolute Gasteiger partial charge is 0.416 e. The Bertz CT molecular complexity index is 1380. The van der Waals surface area contributed by atoms with Gasteiger partial charge in [0.25, 0.3) is 5.91 Å². The summed E-state index contributed by atoms with van der Waals surface area (Å²) in [6.07, 6.45) is -1.52. The van der Waals surface area contributed by atoms with Gasteiger partial charge in [0.1, 0.15) is 12.4 Å². The van der Waals surface area contributed by atoms with E-state index in [1.807, 2.05) is 12.1 Å². The number of halogens is 4. The number of benzene rings is 3. The number of aromatic amines is 1. The first-order valence-electron chi connectivity index (χ1n) is 12.7. The summed E-state index contributed by atoms with van der Waals surface area (Å²) in [5.41, 5.74) is 1.83. The lowest BCUT2D eigenvalue weighted by Gasteiger charge is -2.21. The van der Waals surface area contributed by atoms with Crippen molar-refractivity contribution in [2.24, 2.45) is 0 Å². The highest BCUT2D eigenvalue weighted by Crippen LogP contribution is 2.34. The maximum atomic E-state index is 12.9. The second-order valence-electron chi connectivity index (χ2n) is 9.12. The van der Waals surface area contributed by atoms with Crippen molar-refractivity contribution >= 4 is 23.2 Å². The van der Waals surface area contributed by atoms with Gasteiger partial charge in [-0.25, -0.2) is 5.10 Å². The number of nitrogens with one attached hydrogen (secondary N) is 3. The Morgan fingerprint density at radius 2 is 1.82 bits per heavy atom. The molecule has 0 aliphatic carbocycles. The Morgan fingerprint density at radius 3 is 2.45 bits per heavy atom. The molecule has 1 aromatic heterocycles. The molecule has 210 valence electrons. The van der Waals surface area contributed by atoms with Crippen LogP contribution in [0.1, 0.15) is 47.9 Å². The number of hydrogen-bond acceptors (Lipinski definition) is 6. The number of alkyl halides is 3. The van der Waals surface area contributed by atoms with Gasteiger partial charge in [-0.05, 0) is 77.0 Å². The normalized spacial score (nSPS) is 12.1. The molecule has 0 fully saturated rings. The second kappa shape index (κ2) is 13.3. The van der Waals surface area contributed by atoms with Gasteiger partial charge >= 0.3 is 6.18 Å². The first-order chi connectivity index (χ1) is 19.2. The largest absolute Gasteiger partial charge is 0.491 e. The lowest BCUT2D eigenvalue weighted by Crippen LogP contribution is -2.27. The minimum Gasteiger partial charge on any atom is -0.491 e. The molecule has 1 heterocycles. The topological polar surface area (TPSA) is 105 Å². The maximum Gasteiger partial charge on any atom is 0.416 e. The zero-order chi connectivity index (χ0) is 28.5. The highest BCUT2D eigenvalue weighted by molar-refractivity contribution is 6.33. The van der Waals surface area contributed by atoms with Crippen molar-refractivity contribution in [1.29, 1.82) is 0 Å². The maximum absolute atomic E-state index is 12.9. The molecule has 4 rings (SSSR count). The number of rotatable bonds is 12. The van der Waals surface area contributed by atoms with Gasteiger partial charge in [-0.1, -0.05) is 43.5 Å². The monoisotopic (exact) mass is 572 g/mol. The molecule has 0 aliphatic heterocycles. The number of amides is 1. The number of tetrazole rings is 1. The molecule has 12 heteroatoms. The number of anilines is 1. The van der Waals surface area contributed by atoms with Crippen LogP contribution < -0.4 is 15.4 Å². The molecule has 1 unspecified atom stereocenters. The van der Waals surface area contributed by atoms with E-state index in [0.717, 1.165) is 37.1 Å². The Kier molecular flexibility index (Phi) is 9.60. The highest BCUT2D eigenvalue weighted by Gasteiger charge is 2.30. The summed E-state index contributed by atoms with van der Waals surface area (Å²) in [5.74, 6) is 0.768. The van der Waals surface area contributed by atoms with Crippen LogP contribution in [0.15, 0.2) is 66.7 Å². The van der Waals surface area contributed by atoms with Crippen LogP contribution in [0, 0.1) is 0 Å². The summed E-state index contributed by atoms with van der Waals surface area (Å²) in [5, 5.41) is 19.8. The molecule has 1 atom stereocenters. The first kappa shape index (κ1) is 28.9. The number of ether oxygens (including phenoxy) is 1. The van der Waals surface area contributed by atoms with Crippen molar-refractivity contribution in [2.45, 2.75) is 44.9 Å². The van der Waals surface area contributed by atoms with Crippen molar-refractivity contribution in [3.05, 3.63) is 88.7 Å². The Balaban J connectivity index is 1.35. The Morgan fingerprint density at radius 1 is 1.07 bits per heavy atom. The SMILES string of the molecule is CCCCC(COc1ccc(-c2ccc(C(F)(F)F)cc2)c(Cl)c1)Nc1ccc(C(=O)NCc2nnn[nH]2)cc1. The Labute approximate surface area is 234 Å². The number of hydrogen-bond donors (Lipinski definition) is 3. The van der Waals surface area contributed by atoms with Crippen LogP contribution in [-0.2, 0) is 12.7 Å². The summed E-state index contributed by atoms with van der Waals surface area (Å²) in [6.45, 7) is 2.67. The van der Waals surface area contributed by atoms with E-state index in [9.17, 15) is 18.0 Å². The van der Waals surface area contributed by atoms with Crippen LogP contribution in [0.25, 0.3) is 11.1 Å². The van der Waals surface area contributed by atoms with E-state index < -0.39 is 11.7 Å². The Hall–Kier alpha value is -4.12. The van der Waals surface area contributed by atoms with Gasteiger partial charge in [0.2, 0.25) is 0 Å². The average molecular weight is 573 g/mol. The van der Waals surface area contributed by atoms with Crippen molar-refractivity contribution in [3.63, 3.8) is 0 Å². The van der Waals surface area contributed by atoms with Gasteiger partial charge in [-0.15, -0.1) is 5.10 Å². The van der Waals surface area contributed by atoms with Gasteiger partial charge in [0.15, 0.2) is 5.82 Å². The van der Waals surface area contributed by atoms with Crippen LogP contribution in [0.5, 0.6) is 5.75 Å². The third-order valence-electron chi connectivity index (χ3n) is 6.14. The summed E-state index contributed by atoms with van der Waals surface area (Å²) >= 11 is 6.45. The minimum atomic E-state index is -4.39. The lowest BCUT2D eigenvalue weighted by atomic mass is 10.0. The van der Waals surface area contributed by atoms with Crippen LogP contribution in [0.2, 0.25) is 5.02 Å². The molecule has 0 radical (unpaired) electrons. The zero-order valence-corrected chi connectivity index (χ0v) is 22.4. The summed E-state index contributed by atoms with van der Waals surface area (Å²) in [4.78, 5) is 12.4. The molecular weight excluding hydrogens is 545 g/mol. The highest BCUT2D eigenvalue weighted by atomic mass is 35.5. The number of H-pyrrole nitrogens is 1. The second-order valence-corrected chi connectivity index (χ2v) is 9.53. The molecule has 0 aliphatic rings. The molecule has 4 aromatic rings. The molecule has 0 bridgehead atoms. The quantitative estimate of drug-likeness (QED) is 0.178. The van der Waals surface area contributed by atoms with E-state index in [-0.39, 0.29) is 18.5 Å². The number of carbonyl (C=O) groups excluding carboxylic acids is 1. The fourth-order valence-corrected chi connectivity index (χ4v) is 4.26. The average Bonchev–Trinajstić information content (AvgIpc) is 3.47. The summed E-state index contributed by atoms with van der Waals surface area (Å²) in [6, 6.07) is 17.1. The molecule has 1 amide bonds. The van der Waals surface area contributed by atoms with E-state index in [2.05, 4.69) is 38.2 Å². The van der Waals surface area contributed by atoms with E-state index in [4.69, 9.17) is 16.3 Å². The molecule has 0 spiro atoms. The van der Waals surface area contributed by atoms with Crippen LogP contribution >= 0.6 is 11.6 Å². The van der Waals surface area contributed by atoms with Crippen LogP contribution in [0.4, 0.5) is 18.9 Å². The predicted molar refractivity (Wildman–Crippen MR) is 146 cm³/mol. The minimum absolute atomic E-state index is 0.00746. The van der Waals surface area contributed by atoms with E-state index in [1.54, 1.807) is 30.3 Å². The van der Waals surface area contributed by atoms with Crippen molar-refractivity contribution < 1.29 is 22.7 Å². The number of aromatic nitrogens is 4. The molecule has 0 saturated heterocycles. The lowest BCUT2D eigenvalue weighted by molar-refractivity contribution is -0.137. The zero-order valence-electron chi connectivity index (χ0n) is 21.6. The number of unbranched alkanes of at least 4 members (excludes halogenated alkanes) is 1. The van der Waals surface area contributed by atoms with Crippen LogP contribution in [-0.4, -0.2) is 39.2 Å². The van der Waals surface area contributed by atoms with E-state index in [0.29, 0.717) is 39.9 Å². The van der Waals surface area contributed by atoms with Gasteiger partial charge in [0.05, 0.1) is 23.2 Å². The van der Waals surface area contributed by atoms with Crippen molar-refractivity contribution in [3.8, 4) is 16.9 Å². The third-order valence-corrected chi connectivity index (χ3v) is 6.46. The fraction of sp³-hybridized carbons (Fsp3) is 0.286. The standard InChI is InChI=1S/C28H28ClF3N6O2/c1-2-3-4-22(34-21-11-7-19(8-12-21)27(39)33-16-26-35-37-38-36-26)17-40-23-13-14-24(25(29)15-23)18-5-9-20(10-6-18)28(30,31)32/h5-15,22,34H,2-4,16-17H2,1H3,(H,33,39)(H,35,36,37,38). The van der Waals surface area contributed by atoms with Gasteiger partial charge < -0.3 is 15.4 Å². The molecular formula is C28H28ClF3N6O2. The number of carbonyl (C=O) groups is 1. The molecule has 0 saturated carbocycles. The van der Waals surface area contributed by atoms with Crippen molar-refractivity contribution in [1.82, 2.24) is 25.9 Å². The third kappa shape index (κ3) is 7.95. The van der Waals surface area contributed by atoms with Gasteiger partial charge in [-0.3, -0.25) is 4.79 Å². The van der Waals surface area contributed by atoms with Crippen LogP contribution in [0.3, 0.4) is 0 Å². The van der Waals surface area contributed by atoms with E-state index >= 15 is 0 Å².